The highest BCUT2D eigenvalue weighted by molar-refractivity contribution is 7.85. The van der Waals surface area contributed by atoms with Gasteiger partial charge in [-0.15, -0.1) is 0 Å². The molecule has 3 heteroatoms. The lowest BCUT2D eigenvalue weighted by Gasteiger charge is -2.22. The van der Waals surface area contributed by atoms with Crippen molar-refractivity contribution >= 4 is 10.8 Å². The molecule has 0 aliphatic heterocycles. The number of aryl methyl sites for hydroxylation is 2. The van der Waals surface area contributed by atoms with Crippen LogP contribution in [-0.2, 0) is 10.8 Å². The Morgan fingerprint density at radius 2 is 2.00 bits per heavy atom. The van der Waals surface area contributed by atoms with Gasteiger partial charge in [-0.3, -0.25) is 4.21 Å². The first-order valence-electron chi connectivity index (χ1n) is 6.62. The van der Waals surface area contributed by atoms with E-state index in [-0.39, 0.29) is 0 Å². The first kappa shape index (κ1) is 15.4. The zero-order valence-electron chi connectivity index (χ0n) is 12.1. The van der Waals surface area contributed by atoms with Crippen molar-refractivity contribution in [1.29, 1.82) is 0 Å². The molecule has 102 valence electrons. The van der Waals surface area contributed by atoms with Crippen LogP contribution in [-0.4, -0.2) is 23.1 Å². The van der Waals surface area contributed by atoms with Gasteiger partial charge in [0.05, 0.1) is 10.8 Å². The van der Waals surface area contributed by atoms with Crippen LogP contribution in [0.25, 0.3) is 0 Å². The number of benzene rings is 1. The van der Waals surface area contributed by atoms with E-state index in [2.05, 4.69) is 32.2 Å². The molecule has 0 bridgehead atoms. The molecule has 1 aromatic carbocycles. The molecular weight excluding hydrogens is 242 g/mol. The molecule has 18 heavy (non-hydrogen) atoms. The molecule has 3 atom stereocenters. The summed E-state index contributed by atoms with van der Waals surface area (Å²) in [6.45, 7) is 8.49. The van der Waals surface area contributed by atoms with Crippen LogP contribution in [0.1, 0.15) is 31.4 Å². The molecule has 1 rings (SSSR count). The SMILES string of the molecule is CCC(C)C(CS(=O)c1ccc(C)cc1C)NC. The lowest BCUT2D eigenvalue weighted by atomic mass is 10.0. The molecule has 0 amide bonds. The van der Waals surface area contributed by atoms with Crippen molar-refractivity contribution in [3.8, 4) is 0 Å². The second-order valence-corrected chi connectivity index (χ2v) is 6.53. The molecule has 0 spiro atoms. The standard InChI is InChI=1S/C15H25NOS/c1-6-12(3)14(16-5)10-18(17)15-8-7-11(2)9-13(15)4/h7-9,12,14,16H,6,10H2,1-5H3. The van der Waals surface area contributed by atoms with E-state index in [0.29, 0.717) is 17.7 Å². The monoisotopic (exact) mass is 267 g/mol. The van der Waals surface area contributed by atoms with E-state index in [1.807, 2.05) is 26.1 Å². The van der Waals surface area contributed by atoms with Gasteiger partial charge in [0, 0.05) is 16.7 Å². The molecule has 1 N–H and O–H groups in total. The number of nitrogens with one attached hydrogen (secondary N) is 1. The average molecular weight is 267 g/mol. The molecule has 0 saturated heterocycles. The molecule has 0 radical (unpaired) electrons. The molecule has 0 fully saturated rings. The van der Waals surface area contributed by atoms with Gasteiger partial charge in [-0.25, -0.2) is 0 Å². The number of hydrogen-bond donors (Lipinski definition) is 1. The van der Waals surface area contributed by atoms with E-state index < -0.39 is 10.8 Å². The number of hydrogen-bond acceptors (Lipinski definition) is 2. The van der Waals surface area contributed by atoms with E-state index in [0.717, 1.165) is 16.9 Å². The van der Waals surface area contributed by atoms with Crippen molar-refractivity contribution in [3.63, 3.8) is 0 Å². The minimum atomic E-state index is -0.918. The van der Waals surface area contributed by atoms with E-state index in [4.69, 9.17) is 0 Å². The summed E-state index contributed by atoms with van der Waals surface area (Å²) in [6.07, 6.45) is 1.11. The van der Waals surface area contributed by atoms with Crippen LogP contribution in [0.15, 0.2) is 23.1 Å². The van der Waals surface area contributed by atoms with Crippen molar-refractivity contribution in [2.24, 2.45) is 5.92 Å². The molecule has 3 unspecified atom stereocenters. The minimum Gasteiger partial charge on any atom is -0.316 e. The summed E-state index contributed by atoms with van der Waals surface area (Å²) in [6, 6.07) is 6.46. The van der Waals surface area contributed by atoms with Gasteiger partial charge in [0.2, 0.25) is 0 Å². The van der Waals surface area contributed by atoms with Crippen molar-refractivity contribution in [2.75, 3.05) is 12.8 Å². The zero-order valence-corrected chi connectivity index (χ0v) is 12.9. The molecule has 0 aliphatic rings. The van der Waals surface area contributed by atoms with Gasteiger partial charge >= 0.3 is 0 Å². The highest BCUT2D eigenvalue weighted by atomic mass is 32.2. The summed E-state index contributed by atoms with van der Waals surface area (Å²) in [7, 11) is 1.04. The third-order valence-electron chi connectivity index (χ3n) is 3.61. The number of rotatable bonds is 6. The van der Waals surface area contributed by atoms with Crippen LogP contribution >= 0.6 is 0 Å². The Balaban J connectivity index is 2.81. The fourth-order valence-electron chi connectivity index (χ4n) is 2.12. The van der Waals surface area contributed by atoms with Crippen LogP contribution < -0.4 is 5.32 Å². The predicted molar refractivity (Wildman–Crippen MR) is 79.5 cm³/mol. The first-order valence-corrected chi connectivity index (χ1v) is 7.94. The van der Waals surface area contributed by atoms with E-state index in [1.165, 1.54) is 5.56 Å². The van der Waals surface area contributed by atoms with E-state index in [1.54, 1.807) is 0 Å². The van der Waals surface area contributed by atoms with Crippen molar-refractivity contribution in [2.45, 2.75) is 45.1 Å². The Hall–Kier alpha value is -0.670. The van der Waals surface area contributed by atoms with Gasteiger partial charge in [-0.1, -0.05) is 38.0 Å². The highest BCUT2D eigenvalue weighted by Crippen LogP contribution is 2.17. The molecule has 0 saturated carbocycles. The first-order chi connectivity index (χ1) is 8.49. The minimum absolute atomic E-state index is 0.316. The Kier molecular flexibility index (Phi) is 6.03. The van der Waals surface area contributed by atoms with E-state index >= 15 is 0 Å². The van der Waals surface area contributed by atoms with Gasteiger partial charge in [0.25, 0.3) is 0 Å². The van der Waals surface area contributed by atoms with E-state index in [9.17, 15) is 4.21 Å². The summed E-state index contributed by atoms with van der Waals surface area (Å²) in [5.74, 6) is 1.24. The third-order valence-corrected chi connectivity index (χ3v) is 5.22. The fourth-order valence-corrected chi connectivity index (χ4v) is 3.76. The highest BCUT2D eigenvalue weighted by Gasteiger charge is 2.18. The maximum Gasteiger partial charge on any atom is 0.0548 e. The van der Waals surface area contributed by atoms with Gasteiger partial charge in [-0.2, -0.15) is 0 Å². The normalized spacial score (nSPS) is 16.3. The molecular formula is C15H25NOS. The van der Waals surface area contributed by atoms with Crippen LogP contribution in [0, 0.1) is 19.8 Å². The van der Waals surface area contributed by atoms with Crippen LogP contribution in [0.5, 0.6) is 0 Å². The zero-order chi connectivity index (χ0) is 13.7. The summed E-state index contributed by atoms with van der Waals surface area (Å²) in [5, 5.41) is 3.29. The maximum atomic E-state index is 12.4. The van der Waals surface area contributed by atoms with Crippen LogP contribution in [0.2, 0.25) is 0 Å². The molecule has 0 aliphatic carbocycles. The summed E-state index contributed by atoms with van der Waals surface area (Å²) in [5.41, 5.74) is 2.35. The largest absolute Gasteiger partial charge is 0.316 e. The Morgan fingerprint density at radius 1 is 1.33 bits per heavy atom. The smallest absolute Gasteiger partial charge is 0.0548 e. The Bertz CT molecular complexity index is 417. The van der Waals surface area contributed by atoms with Gasteiger partial charge in [-0.05, 0) is 38.4 Å². The fraction of sp³-hybridized carbons (Fsp3) is 0.600. The predicted octanol–water partition coefficient (Wildman–Crippen LogP) is 3.05. The van der Waals surface area contributed by atoms with Crippen molar-refractivity contribution in [1.82, 2.24) is 5.32 Å². The molecule has 0 heterocycles. The topological polar surface area (TPSA) is 29.1 Å². The van der Waals surface area contributed by atoms with Crippen molar-refractivity contribution in [3.05, 3.63) is 29.3 Å². The lowest BCUT2D eigenvalue weighted by Crippen LogP contribution is -2.36. The summed E-state index contributed by atoms with van der Waals surface area (Å²) >= 11 is 0. The Morgan fingerprint density at radius 3 is 2.50 bits per heavy atom. The molecule has 0 aromatic heterocycles. The van der Waals surface area contributed by atoms with Crippen LogP contribution in [0.3, 0.4) is 0 Å². The van der Waals surface area contributed by atoms with Gasteiger partial charge in [0.1, 0.15) is 0 Å². The summed E-state index contributed by atoms with van der Waals surface area (Å²) < 4.78 is 12.4. The van der Waals surface area contributed by atoms with Gasteiger partial charge < -0.3 is 5.32 Å². The van der Waals surface area contributed by atoms with Crippen LogP contribution in [0.4, 0.5) is 0 Å². The molecule has 2 nitrogen and oxygen atoms in total. The second kappa shape index (κ2) is 7.05. The second-order valence-electron chi connectivity index (χ2n) is 5.06. The summed E-state index contributed by atoms with van der Waals surface area (Å²) in [4.78, 5) is 0.976. The molecule has 1 aromatic rings. The average Bonchev–Trinajstić information content (AvgIpc) is 2.34. The lowest BCUT2D eigenvalue weighted by molar-refractivity contribution is 0.418. The Labute approximate surface area is 114 Å². The van der Waals surface area contributed by atoms with Crippen molar-refractivity contribution < 1.29 is 4.21 Å². The quantitative estimate of drug-likeness (QED) is 0.858. The van der Waals surface area contributed by atoms with Gasteiger partial charge in [0.15, 0.2) is 0 Å². The third kappa shape index (κ3) is 3.92. The maximum absolute atomic E-state index is 12.4.